The van der Waals surface area contributed by atoms with Crippen molar-refractivity contribution in [3.05, 3.63) is 35.9 Å². The summed E-state index contributed by atoms with van der Waals surface area (Å²) in [5.74, 6) is 0.830. The quantitative estimate of drug-likeness (QED) is 0.596. The van der Waals surface area contributed by atoms with E-state index in [9.17, 15) is 4.79 Å². The SMILES string of the molecule is COCOc1ccc(/C=C/C(=O)N(C)C2CCCCC2)cc1. The predicted octanol–water partition coefficient (Wildman–Crippen LogP) is 3.47. The van der Waals surface area contributed by atoms with Crippen LogP contribution in [0.3, 0.4) is 0 Å². The number of hydrogen-bond donors (Lipinski definition) is 0. The van der Waals surface area contributed by atoms with Gasteiger partial charge >= 0.3 is 0 Å². The van der Waals surface area contributed by atoms with Crippen LogP contribution in [0.1, 0.15) is 37.7 Å². The molecule has 22 heavy (non-hydrogen) atoms. The normalized spacial score (nSPS) is 15.9. The predicted molar refractivity (Wildman–Crippen MR) is 87.6 cm³/mol. The van der Waals surface area contributed by atoms with Gasteiger partial charge < -0.3 is 14.4 Å². The molecule has 120 valence electrons. The van der Waals surface area contributed by atoms with Crippen LogP contribution in [0.15, 0.2) is 30.3 Å². The number of ether oxygens (including phenoxy) is 2. The molecule has 0 N–H and O–H groups in total. The molecule has 0 radical (unpaired) electrons. The van der Waals surface area contributed by atoms with E-state index in [-0.39, 0.29) is 12.7 Å². The van der Waals surface area contributed by atoms with E-state index in [4.69, 9.17) is 9.47 Å². The third-order valence-electron chi connectivity index (χ3n) is 4.11. The molecule has 0 bridgehead atoms. The van der Waals surface area contributed by atoms with Crippen LogP contribution in [0.4, 0.5) is 0 Å². The molecule has 0 heterocycles. The Labute approximate surface area is 132 Å². The molecule has 0 aliphatic heterocycles. The van der Waals surface area contributed by atoms with Gasteiger partial charge in [-0.1, -0.05) is 31.4 Å². The zero-order valence-electron chi connectivity index (χ0n) is 13.5. The molecule has 2 rings (SSSR count). The van der Waals surface area contributed by atoms with Crippen molar-refractivity contribution < 1.29 is 14.3 Å². The first-order chi connectivity index (χ1) is 10.7. The van der Waals surface area contributed by atoms with E-state index in [0.29, 0.717) is 6.04 Å². The Morgan fingerprint density at radius 3 is 2.55 bits per heavy atom. The van der Waals surface area contributed by atoms with Crippen molar-refractivity contribution in [2.45, 2.75) is 38.1 Å². The number of methoxy groups -OCH3 is 1. The number of nitrogens with zero attached hydrogens (tertiary/aromatic N) is 1. The summed E-state index contributed by atoms with van der Waals surface area (Å²) in [7, 11) is 3.50. The minimum Gasteiger partial charge on any atom is -0.468 e. The van der Waals surface area contributed by atoms with Crippen molar-refractivity contribution in [2.24, 2.45) is 0 Å². The fourth-order valence-electron chi connectivity index (χ4n) is 2.74. The highest BCUT2D eigenvalue weighted by Crippen LogP contribution is 2.22. The van der Waals surface area contributed by atoms with Crippen LogP contribution in [0.25, 0.3) is 6.08 Å². The first-order valence-corrected chi connectivity index (χ1v) is 7.87. The van der Waals surface area contributed by atoms with Crippen molar-refractivity contribution >= 4 is 12.0 Å². The summed E-state index contributed by atoms with van der Waals surface area (Å²) in [4.78, 5) is 14.1. The molecule has 0 atom stereocenters. The molecule has 1 amide bonds. The maximum Gasteiger partial charge on any atom is 0.246 e. The Bertz CT molecular complexity index is 490. The molecule has 0 saturated heterocycles. The van der Waals surface area contributed by atoms with Gasteiger partial charge in [0.15, 0.2) is 6.79 Å². The van der Waals surface area contributed by atoms with Crippen LogP contribution in [0.2, 0.25) is 0 Å². The van der Waals surface area contributed by atoms with Gasteiger partial charge in [-0.2, -0.15) is 0 Å². The van der Waals surface area contributed by atoms with Crippen LogP contribution in [0.5, 0.6) is 5.75 Å². The Balaban J connectivity index is 1.88. The highest BCUT2D eigenvalue weighted by atomic mass is 16.7. The molecule has 4 nitrogen and oxygen atoms in total. The van der Waals surface area contributed by atoms with Gasteiger partial charge in [-0.15, -0.1) is 0 Å². The van der Waals surface area contributed by atoms with Crippen LogP contribution in [-0.2, 0) is 9.53 Å². The van der Waals surface area contributed by atoms with E-state index >= 15 is 0 Å². The standard InChI is InChI=1S/C18H25NO3/c1-19(16-6-4-3-5-7-16)18(20)13-10-15-8-11-17(12-9-15)22-14-21-2/h8-13,16H,3-7,14H2,1-2H3/b13-10+. The number of likely N-dealkylation sites (N-methyl/N-ethyl adjacent to an activating group) is 1. The average Bonchev–Trinajstić information content (AvgIpc) is 2.58. The molecule has 1 aliphatic rings. The van der Waals surface area contributed by atoms with Crippen molar-refractivity contribution in [3.63, 3.8) is 0 Å². The lowest BCUT2D eigenvalue weighted by Gasteiger charge is -2.30. The Hall–Kier alpha value is -1.81. The second kappa shape index (κ2) is 8.59. The minimum atomic E-state index is 0.0756. The number of carbonyl (C=O) groups is 1. The highest BCUT2D eigenvalue weighted by molar-refractivity contribution is 5.91. The highest BCUT2D eigenvalue weighted by Gasteiger charge is 2.20. The summed E-state index contributed by atoms with van der Waals surface area (Å²) in [5.41, 5.74) is 0.982. The molecule has 1 aromatic rings. The van der Waals surface area contributed by atoms with Crippen LogP contribution in [-0.4, -0.2) is 37.8 Å². The maximum absolute atomic E-state index is 12.2. The van der Waals surface area contributed by atoms with E-state index in [2.05, 4.69) is 0 Å². The Morgan fingerprint density at radius 1 is 1.23 bits per heavy atom. The van der Waals surface area contributed by atoms with Crippen molar-refractivity contribution in [3.8, 4) is 5.75 Å². The molecule has 1 aliphatic carbocycles. The van der Waals surface area contributed by atoms with Crippen LogP contribution < -0.4 is 4.74 Å². The lowest BCUT2D eigenvalue weighted by molar-refractivity contribution is -0.127. The summed E-state index contributed by atoms with van der Waals surface area (Å²) in [6, 6.07) is 7.99. The summed E-state index contributed by atoms with van der Waals surface area (Å²) in [6.45, 7) is 0.236. The Morgan fingerprint density at radius 2 is 1.91 bits per heavy atom. The molecule has 1 saturated carbocycles. The average molecular weight is 303 g/mol. The molecule has 0 aromatic heterocycles. The largest absolute Gasteiger partial charge is 0.468 e. The van der Waals surface area contributed by atoms with Gasteiger partial charge in [0, 0.05) is 26.3 Å². The van der Waals surface area contributed by atoms with Crippen LogP contribution >= 0.6 is 0 Å². The molecule has 1 aromatic carbocycles. The molecule has 4 heteroatoms. The lowest BCUT2D eigenvalue weighted by atomic mass is 9.94. The second-order valence-electron chi connectivity index (χ2n) is 5.69. The lowest BCUT2D eigenvalue weighted by Crippen LogP contribution is -2.37. The summed E-state index contributed by atoms with van der Waals surface area (Å²) < 4.78 is 10.2. The number of carbonyl (C=O) groups excluding carboxylic acids is 1. The monoisotopic (exact) mass is 303 g/mol. The molecular formula is C18H25NO3. The van der Waals surface area contributed by atoms with Gasteiger partial charge in [0.25, 0.3) is 0 Å². The third kappa shape index (κ3) is 4.88. The minimum absolute atomic E-state index is 0.0756. The third-order valence-corrected chi connectivity index (χ3v) is 4.11. The number of hydrogen-bond acceptors (Lipinski definition) is 3. The fraction of sp³-hybridized carbons (Fsp3) is 0.500. The summed E-state index contributed by atoms with van der Waals surface area (Å²) in [6.07, 6.45) is 9.51. The Kier molecular flexibility index (Phi) is 6.46. The van der Waals surface area contributed by atoms with Crippen molar-refractivity contribution in [2.75, 3.05) is 21.0 Å². The van der Waals surface area contributed by atoms with Gasteiger partial charge in [0.05, 0.1) is 0 Å². The number of amides is 1. The van der Waals surface area contributed by atoms with Gasteiger partial charge in [0.1, 0.15) is 5.75 Å². The smallest absolute Gasteiger partial charge is 0.246 e. The van der Waals surface area contributed by atoms with E-state index in [1.165, 1.54) is 19.3 Å². The number of benzene rings is 1. The van der Waals surface area contributed by atoms with E-state index < -0.39 is 0 Å². The fourth-order valence-corrected chi connectivity index (χ4v) is 2.74. The maximum atomic E-state index is 12.2. The zero-order valence-corrected chi connectivity index (χ0v) is 13.5. The van der Waals surface area contributed by atoms with Gasteiger partial charge in [0.2, 0.25) is 5.91 Å². The first kappa shape index (κ1) is 16.6. The molecule has 0 unspecified atom stereocenters. The topological polar surface area (TPSA) is 38.8 Å². The number of rotatable bonds is 6. The van der Waals surface area contributed by atoms with Gasteiger partial charge in [-0.25, -0.2) is 0 Å². The first-order valence-electron chi connectivity index (χ1n) is 7.87. The summed E-state index contributed by atoms with van der Waals surface area (Å²) in [5, 5.41) is 0. The van der Waals surface area contributed by atoms with E-state index in [0.717, 1.165) is 24.2 Å². The van der Waals surface area contributed by atoms with E-state index in [1.807, 2.05) is 42.3 Å². The van der Waals surface area contributed by atoms with Crippen LogP contribution in [0, 0.1) is 0 Å². The second-order valence-corrected chi connectivity index (χ2v) is 5.69. The molecule has 1 fully saturated rings. The van der Waals surface area contributed by atoms with Gasteiger partial charge in [-0.05, 0) is 36.6 Å². The van der Waals surface area contributed by atoms with Gasteiger partial charge in [-0.3, -0.25) is 4.79 Å². The molecule has 0 spiro atoms. The van der Waals surface area contributed by atoms with E-state index in [1.54, 1.807) is 13.2 Å². The van der Waals surface area contributed by atoms with Crippen molar-refractivity contribution in [1.82, 2.24) is 4.90 Å². The zero-order chi connectivity index (χ0) is 15.8. The summed E-state index contributed by atoms with van der Waals surface area (Å²) >= 11 is 0. The van der Waals surface area contributed by atoms with Crippen molar-refractivity contribution in [1.29, 1.82) is 0 Å². The molecular weight excluding hydrogens is 278 g/mol.